The number of nitrogens with two attached hydrogens (primary N) is 1. The van der Waals surface area contributed by atoms with Gasteiger partial charge in [-0.3, -0.25) is 11.3 Å². The van der Waals surface area contributed by atoms with Gasteiger partial charge in [0.1, 0.15) is 0 Å². The maximum Gasteiger partial charge on any atom is 0.0501 e. The summed E-state index contributed by atoms with van der Waals surface area (Å²) in [4.78, 5) is 0. The second-order valence-corrected chi connectivity index (χ2v) is 6.88. The molecule has 0 aliphatic rings. The Kier molecular flexibility index (Phi) is 5.38. The van der Waals surface area contributed by atoms with Crippen LogP contribution in [0.5, 0.6) is 0 Å². The molecule has 3 N–H and O–H groups in total. The molecule has 106 valence electrons. The van der Waals surface area contributed by atoms with Crippen LogP contribution >= 0.6 is 31.9 Å². The largest absolute Gasteiger partial charge is 0.271 e. The van der Waals surface area contributed by atoms with E-state index in [0.29, 0.717) is 0 Å². The number of hydrogen-bond acceptors (Lipinski definition) is 2. The van der Waals surface area contributed by atoms with E-state index in [4.69, 9.17) is 5.84 Å². The van der Waals surface area contributed by atoms with Gasteiger partial charge in [-0.2, -0.15) is 0 Å². The highest BCUT2D eigenvalue weighted by Crippen LogP contribution is 2.26. The fourth-order valence-electron chi connectivity index (χ4n) is 2.22. The van der Waals surface area contributed by atoms with Gasteiger partial charge in [-0.1, -0.05) is 50.1 Å². The van der Waals surface area contributed by atoms with Gasteiger partial charge in [0.25, 0.3) is 0 Å². The van der Waals surface area contributed by atoms with Crippen molar-refractivity contribution in [1.29, 1.82) is 0 Å². The van der Waals surface area contributed by atoms with E-state index in [1.165, 1.54) is 16.7 Å². The first-order valence-electron chi connectivity index (χ1n) is 6.48. The predicted octanol–water partition coefficient (Wildman–Crippen LogP) is 4.58. The summed E-state index contributed by atoms with van der Waals surface area (Å²) in [7, 11) is 0. The van der Waals surface area contributed by atoms with E-state index in [1.54, 1.807) is 0 Å². The Morgan fingerprint density at radius 2 is 1.65 bits per heavy atom. The molecule has 2 nitrogen and oxygen atoms in total. The van der Waals surface area contributed by atoms with Crippen LogP contribution in [0.25, 0.3) is 0 Å². The Morgan fingerprint density at radius 1 is 1.00 bits per heavy atom. The van der Waals surface area contributed by atoms with Crippen LogP contribution in [0.1, 0.15) is 28.3 Å². The fraction of sp³-hybridized carbons (Fsp3) is 0.250. The van der Waals surface area contributed by atoms with Crippen LogP contribution in [0.15, 0.2) is 45.3 Å². The molecule has 0 bridgehead atoms. The lowest BCUT2D eigenvalue weighted by atomic mass is 9.97. The maximum absolute atomic E-state index is 5.74. The molecule has 0 aliphatic carbocycles. The van der Waals surface area contributed by atoms with Crippen LogP contribution in [0.2, 0.25) is 0 Å². The summed E-state index contributed by atoms with van der Waals surface area (Å²) < 4.78 is 2.09. The van der Waals surface area contributed by atoms with Gasteiger partial charge in [0.05, 0.1) is 6.04 Å². The minimum absolute atomic E-state index is 0.0888. The Bertz CT molecular complexity index is 591. The molecular weight excluding hydrogens is 380 g/mol. The van der Waals surface area contributed by atoms with Crippen molar-refractivity contribution < 1.29 is 0 Å². The number of hydrogen-bond donors (Lipinski definition) is 2. The van der Waals surface area contributed by atoms with Gasteiger partial charge in [-0.15, -0.1) is 0 Å². The highest BCUT2D eigenvalue weighted by atomic mass is 79.9. The van der Waals surface area contributed by atoms with E-state index >= 15 is 0 Å². The first-order valence-corrected chi connectivity index (χ1v) is 8.06. The van der Waals surface area contributed by atoms with Crippen molar-refractivity contribution in [1.82, 2.24) is 5.43 Å². The molecule has 20 heavy (non-hydrogen) atoms. The topological polar surface area (TPSA) is 38.0 Å². The van der Waals surface area contributed by atoms with Crippen LogP contribution < -0.4 is 11.3 Å². The maximum atomic E-state index is 5.74. The predicted molar refractivity (Wildman–Crippen MR) is 91.5 cm³/mol. The second kappa shape index (κ2) is 6.85. The van der Waals surface area contributed by atoms with E-state index in [2.05, 4.69) is 81.5 Å². The van der Waals surface area contributed by atoms with E-state index in [9.17, 15) is 0 Å². The molecule has 2 aromatic rings. The van der Waals surface area contributed by atoms with Crippen LogP contribution in [0, 0.1) is 13.8 Å². The van der Waals surface area contributed by atoms with Gasteiger partial charge in [0.15, 0.2) is 0 Å². The zero-order valence-corrected chi connectivity index (χ0v) is 14.8. The van der Waals surface area contributed by atoms with Crippen molar-refractivity contribution in [3.63, 3.8) is 0 Å². The molecular formula is C16H18Br2N2. The summed E-state index contributed by atoms with van der Waals surface area (Å²) in [6.45, 7) is 4.27. The van der Waals surface area contributed by atoms with E-state index < -0.39 is 0 Å². The third-order valence-electron chi connectivity index (χ3n) is 3.50. The molecule has 4 heteroatoms. The molecule has 0 amide bonds. The van der Waals surface area contributed by atoms with Crippen molar-refractivity contribution >= 4 is 31.9 Å². The molecule has 0 saturated heterocycles. The molecule has 2 rings (SSSR count). The van der Waals surface area contributed by atoms with Gasteiger partial charge in [-0.25, -0.2) is 0 Å². The van der Waals surface area contributed by atoms with E-state index in [1.807, 2.05) is 6.07 Å². The summed E-state index contributed by atoms with van der Waals surface area (Å²) in [5.41, 5.74) is 7.99. The molecule has 2 aromatic carbocycles. The zero-order valence-electron chi connectivity index (χ0n) is 11.6. The third kappa shape index (κ3) is 3.92. The van der Waals surface area contributed by atoms with Crippen LogP contribution in [-0.2, 0) is 6.42 Å². The number of rotatable bonds is 4. The lowest BCUT2D eigenvalue weighted by molar-refractivity contribution is 0.551. The minimum Gasteiger partial charge on any atom is -0.271 e. The highest BCUT2D eigenvalue weighted by molar-refractivity contribution is 9.11. The Balaban J connectivity index is 2.26. The van der Waals surface area contributed by atoms with Crippen molar-refractivity contribution in [2.75, 3.05) is 0 Å². The summed E-state index contributed by atoms with van der Waals surface area (Å²) in [5, 5.41) is 0. The summed E-state index contributed by atoms with van der Waals surface area (Å²) in [6, 6.07) is 12.9. The third-order valence-corrected chi connectivity index (χ3v) is 4.42. The minimum atomic E-state index is 0.0888. The molecule has 0 aromatic heterocycles. The van der Waals surface area contributed by atoms with Gasteiger partial charge in [-0.05, 0) is 60.7 Å². The molecule has 0 spiro atoms. The van der Waals surface area contributed by atoms with E-state index in [0.717, 1.165) is 20.9 Å². The molecule has 1 atom stereocenters. The lowest BCUT2D eigenvalue weighted by Crippen LogP contribution is -2.29. The average Bonchev–Trinajstić information content (AvgIpc) is 2.38. The summed E-state index contributed by atoms with van der Waals surface area (Å²) in [6.07, 6.45) is 0.862. The molecule has 0 fully saturated rings. The SMILES string of the molecule is Cc1ccc(CC(NN)c2cc(Br)cc(Br)c2)cc1C. The standard InChI is InChI=1S/C16H18Br2N2/c1-10-3-4-12(5-11(10)2)6-16(20-19)13-7-14(17)9-15(18)8-13/h3-5,7-9,16,20H,6,19H2,1-2H3. The highest BCUT2D eigenvalue weighted by Gasteiger charge is 2.12. The zero-order chi connectivity index (χ0) is 14.7. The Labute approximate surface area is 137 Å². The van der Waals surface area contributed by atoms with Crippen molar-refractivity contribution in [2.24, 2.45) is 5.84 Å². The number of aryl methyl sites for hydroxylation is 2. The number of benzene rings is 2. The number of halogens is 2. The number of nitrogens with one attached hydrogen (secondary N) is 1. The summed E-state index contributed by atoms with van der Waals surface area (Å²) >= 11 is 7.04. The van der Waals surface area contributed by atoms with Gasteiger partial charge >= 0.3 is 0 Å². The van der Waals surface area contributed by atoms with Gasteiger partial charge in [0.2, 0.25) is 0 Å². The van der Waals surface area contributed by atoms with Crippen molar-refractivity contribution in [3.05, 3.63) is 67.6 Å². The normalized spacial score (nSPS) is 12.4. The molecule has 0 radical (unpaired) electrons. The molecule has 0 heterocycles. The lowest BCUT2D eigenvalue weighted by Gasteiger charge is -2.18. The Morgan fingerprint density at radius 3 is 2.20 bits per heavy atom. The molecule has 1 unspecified atom stereocenters. The van der Waals surface area contributed by atoms with Gasteiger partial charge in [0, 0.05) is 8.95 Å². The van der Waals surface area contributed by atoms with Crippen LogP contribution in [0.4, 0.5) is 0 Å². The fourth-order valence-corrected chi connectivity index (χ4v) is 3.54. The smallest absolute Gasteiger partial charge is 0.0501 e. The average molecular weight is 398 g/mol. The molecule has 0 aliphatic heterocycles. The van der Waals surface area contributed by atoms with E-state index in [-0.39, 0.29) is 6.04 Å². The molecule has 0 saturated carbocycles. The first kappa shape index (κ1) is 15.7. The second-order valence-electron chi connectivity index (χ2n) is 5.04. The monoisotopic (exact) mass is 396 g/mol. The number of hydrazine groups is 1. The van der Waals surface area contributed by atoms with Crippen molar-refractivity contribution in [2.45, 2.75) is 26.3 Å². The van der Waals surface area contributed by atoms with Crippen molar-refractivity contribution in [3.8, 4) is 0 Å². The van der Waals surface area contributed by atoms with Crippen LogP contribution in [-0.4, -0.2) is 0 Å². The van der Waals surface area contributed by atoms with Gasteiger partial charge < -0.3 is 0 Å². The van der Waals surface area contributed by atoms with Crippen LogP contribution in [0.3, 0.4) is 0 Å². The first-order chi connectivity index (χ1) is 9.49. The quantitative estimate of drug-likeness (QED) is 0.585. The Hall–Kier alpha value is -0.680. The summed E-state index contributed by atoms with van der Waals surface area (Å²) in [5.74, 6) is 5.74.